The summed E-state index contributed by atoms with van der Waals surface area (Å²) in [4.78, 5) is 0. The van der Waals surface area contributed by atoms with Crippen molar-refractivity contribution < 1.29 is 0 Å². The third-order valence-corrected chi connectivity index (χ3v) is 6.10. The molecule has 1 saturated carbocycles. The third kappa shape index (κ3) is 3.70. The van der Waals surface area contributed by atoms with Crippen molar-refractivity contribution in [2.45, 2.75) is 78.3 Å². The fourth-order valence-electron chi connectivity index (χ4n) is 3.58. The summed E-state index contributed by atoms with van der Waals surface area (Å²) in [6.45, 7) is 9.90. The molecule has 1 aromatic rings. The number of rotatable bonds is 5. The van der Waals surface area contributed by atoms with Gasteiger partial charge in [0.1, 0.15) is 0 Å². The van der Waals surface area contributed by atoms with E-state index in [0.717, 1.165) is 49.8 Å². The molecule has 2 rings (SSSR count). The molecule has 1 fully saturated rings. The lowest BCUT2D eigenvalue weighted by Crippen LogP contribution is -2.46. The average molecular weight is 356 g/mol. The molecule has 2 N–H and O–H groups in total. The van der Waals surface area contributed by atoms with E-state index in [1.165, 1.54) is 23.0 Å². The Balaban J connectivity index is 2.13. The second-order valence-corrected chi connectivity index (χ2v) is 7.79. The third-order valence-electron chi connectivity index (χ3n) is 5.18. The summed E-state index contributed by atoms with van der Waals surface area (Å²) >= 11 is 3.75. The van der Waals surface area contributed by atoms with Gasteiger partial charge in [-0.25, -0.2) is 0 Å². The number of nitrogens with two attached hydrogens (primary N) is 1. The van der Waals surface area contributed by atoms with Crippen LogP contribution in [0.2, 0.25) is 0 Å². The molecule has 0 bridgehead atoms. The zero-order chi connectivity index (χ0) is 15.6. The summed E-state index contributed by atoms with van der Waals surface area (Å²) in [7, 11) is 0. The Morgan fingerprint density at radius 1 is 1.33 bits per heavy atom. The van der Waals surface area contributed by atoms with Crippen molar-refractivity contribution in [3.8, 4) is 0 Å². The molecule has 0 unspecified atom stereocenters. The van der Waals surface area contributed by atoms with Crippen LogP contribution in [0.4, 0.5) is 0 Å². The van der Waals surface area contributed by atoms with Gasteiger partial charge in [0.2, 0.25) is 0 Å². The standard InChI is InChI=1S/C17H30BrN3/c1-5-14-16(18)15(21(6-2)20-14)11-17(19)9-7-13(8-10-17)12(3)4/h12-13H,5-11,19H2,1-4H3. The minimum Gasteiger partial charge on any atom is -0.325 e. The van der Waals surface area contributed by atoms with Gasteiger partial charge in [0, 0.05) is 18.5 Å². The summed E-state index contributed by atoms with van der Waals surface area (Å²) in [5, 5.41) is 4.70. The maximum absolute atomic E-state index is 6.73. The van der Waals surface area contributed by atoms with Crippen LogP contribution in [0.3, 0.4) is 0 Å². The highest BCUT2D eigenvalue weighted by atomic mass is 79.9. The minimum absolute atomic E-state index is 0.0497. The van der Waals surface area contributed by atoms with Gasteiger partial charge in [-0.1, -0.05) is 20.8 Å². The van der Waals surface area contributed by atoms with Gasteiger partial charge in [-0.05, 0) is 66.8 Å². The molecule has 1 aromatic heterocycles. The molecule has 0 amide bonds. The first-order valence-corrected chi connectivity index (χ1v) is 9.22. The van der Waals surface area contributed by atoms with Crippen LogP contribution < -0.4 is 5.73 Å². The van der Waals surface area contributed by atoms with E-state index in [1.807, 2.05) is 0 Å². The topological polar surface area (TPSA) is 43.8 Å². The summed E-state index contributed by atoms with van der Waals surface area (Å²) in [5.41, 5.74) is 9.14. The monoisotopic (exact) mass is 355 g/mol. The highest BCUT2D eigenvalue weighted by molar-refractivity contribution is 9.10. The number of halogens is 1. The first-order valence-electron chi connectivity index (χ1n) is 8.43. The smallest absolute Gasteiger partial charge is 0.0766 e. The molecular weight excluding hydrogens is 326 g/mol. The first-order chi connectivity index (χ1) is 9.90. The van der Waals surface area contributed by atoms with Crippen LogP contribution in [0.5, 0.6) is 0 Å². The fourth-order valence-corrected chi connectivity index (χ4v) is 4.28. The van der Waals surface area contributed by atoms with Crippen LogP contribution >= 0.6 is 15.9 Å². The summed E-state index contributed by atoms with van der Waals surface area (Å²) in [6.07, 6.45) is 6.73. The van der Waals surface area contributed by atoms with Gasteiger partial charge in [0.15, 0.2) is 0 Å². The van der Waals surface area contributed by atoms with Gasteiger partial charge < -0.3 is 5.73 Å². The van der Waals surface area contributed by atoms with Crippen LogP contribution in [0.15, 0.2) is 4.47 Å². The largest absolute Gasteiger partial charge is 0.325 e. The Kier molecular flexibility index (Phi) is 5.53. The normalized spacial score (nSPS) is 26.5. The molecule has 1 aliphatic carbocycles. The number of aryl methyl sites for hydroxylation is 2. The van der Waals surface area contributed by atoms with Gasteiger partial charge in [-0.15, -0.1) is 0 Å². The van der Waals surface area contributed by atoms with Gasteiger partial charge >= 0.3 is 0 Å². The van der Waals surface area contributed by atoms with Gasteiger partial charge in [0.25, 0.3) is 0 Å². The van der Waals surface area contributed by atoms with E-state index >= 15 is 0 Å². The summed E-state index contributed by atoms with van der Waals surface area (Å²) in [5.74, 6) is 1.64. The van der Waals surface area contributed by atoms with Crippen molar-refractivity contribution in [2.24, 2.45) is 17.6 Å². The maximum Gasteiger partial charge on any atom is 0.0766 e. The molecule has 0 aromatic carbocycles. The van der Waals surface area contributed by atoms with Gasteiger partial charge in [0.05, 0.1) is 15.9 Å². The van der Waals surface area contributed by atoms with E-state index in [0.29, 0.717) is 0 Å². The molecule has 0 saturated heterocycles. The lowest BCUT2D eigenvalue weighted by Gasteiger charge is -2.38. The van der Waals surface area contributed by atoms with Crippen LogP contribution in [0.25, 0.3) is 0 Å². The maximum atomic E-state index is 6.73. The van der Waals surface area contributed by atoms with Crippen LogP contribution in [0.1, 0.15) is 64.8 Å². The molecule has 0 spiro atoms. The van der Waals surface area contributed by atoms with Crippen molar-refractivity contribution in [1.29, 1.82) is 0 Å². The molecule has 1 aliphatic rings. The predicted molar refractivity (Wildman–Crippen MR) is 92.4 cm³/mol. The Labute approximate surface area is 137 Å². The zero-order valence-corrected chi connectivity index (χ0v) is 15.5. The molecule has 120 valence electrons. The van der Waals surface area contributed by atoms with Crippen molar-refractivity contribution in [2.75, 3.05) is 0 Å². The van der Waals surface area contributed by atoms with Crippen LogP contribution in [-0.2, 0) is 19.4 Å². The van der Waals surface area contributed by atoms with E-state index in [2.05, 4.69) is 48.3 Å². The Morgan fingerprint density at radius 3 is 2.43 bits per heavy atom. The van der Waals surface area contributed by atoms with Crippen LogP contribution in [-0.4, -0.2) is 15.3 Å². The van der Waals surface area contributed by atoms with E-state index in [4.69, 9.17) is 10.8 Å². The zero-order valence-electron chi connectivity index (χ0n) is 14.0. The van der Waals surface area contributed by atoms with Crippen molar-refractivity contribution in [3.63, 3.8) is 0 Å². The van der Waals surface area contributed by atoms with Crippen molar-refractivity contribution >= 4 is 15.9 Å². The van der Waals surface area contributed by atoms with Gasteiger partial charge in [-0.2, -0.15) is 5.10 Å². The molecular formula is C17H30BrN3. The van der Waals surface area contributed by atoms with Crippen LogP contribution in [0, 0.1) is 11.8 Å². The quantitative estimate of drug-likeness (QED) is 0.854. The molecule has 4 heteroatoms. The fraction of sp³-hybridized carbons (Fsp3) is 0.824. The summed E-state index contributed by atoms with van der Waals surface area (Å²) in [6, 6.07) is 0. The first kappa shape index (κ1) is 17.0. The van der Waals surface area contributed by atoms with Crippen molar-refractivity contribution in [3.05, 3.63) is 15.9 Å². The average Bonchev–Trinajstić information content (AvgIpc) is 2.75. The molecule has 0 atom stereocenters. The van der Waals surface area contributed by atoms with Crippen molar-refractivity contribution in [1.82, 2.24) is 9.78 Å². The number of hydrogen-bond acceptors (Lipinski definition) is 2. The molecule has 0 radical (unpaired) electrons. The van der Waals surface area contributed by atoms with E-state index in [9.17, 15) is 0 Å². The Morgan fingerprint density at radius 2 is 1.95 bits per heavy atom. The highest BCUT2D eigenvalue weighted by Gasteiger charge is 2.34. The summed E-state index contributed by atoms with van der Waals surface area (Å²) < 4.78 is 3.31. The van der Waals surface area contributed by atoms with E-state index in [-0.39, 0.29) is 5.54 Å². The highest BCUT2D eigenvalue weighted by Crippen LogP contribution is 2.37. The molecule has 3 nitrogen and oxygen atoms in total. The molecule has 21 heavy (non-hydrogen) atoms. The predicted octanol–water partition coefficient (Wildman–Crippen LogP) is 4.31. The van der Waals surface area contributed by atoms with E-state index in [1.54, 1.807) is 0 Å². The van der Waals surface area contributed by atoms with E-state index < -0.39 is 0 Å². The Hall–Kier alpha value is -0.350. The molecule has 1 heterocycles. The lowest BCUT2D eigenvalue weighted by molar-refractivity contribution is 0.192. The lowest BCUT2D eigenvalue weighted by atomic mass is 9.71. The Bertz CT molecular complexity index is 471. The molecule has 0 aliphatic heterocycles. The number of aromatic nitrogens is 2. The number of nitrogens with zero attached hydrogens (tertiary/aromatic N) is 2. The second kappa shape index (κ2) is 6.82. The van der Waals surface area contributed by atoms with Gasteiger partial charge in [-0.3, -0.25) is 4.68 Å². The number of hydrogen-bond donors (Lipinski definition) is 1. The SMILES string of the molecule is CCc1nn(CC)c(CC2(N)CCC(C(C)C)CC2)c1Br. The minimum atomic E-state index is -0.0497. The second-order valence-electron chi connectivity index (χ2n) is 7.00.